The van der Waals surface area contributed by atoms with E-state index in [0.29, 0.717) is 12.1 Å². The fourth-order valence-electron chi connectivity index (χ4n) is 1.83. The monoisotopic (exact) mass is 312 g/mol. The lowest BCUT2D eigenvalue weighted by Gasteiger charge is -2.25. The molecule has 0 heterocycles. The highest BCUT2D eigenvalue weighted by Crippen LogP contribution is 2.13. The topological polar surface area (TPSA) is 15.3 Å². The quantitative estimate of drug-likeness (QED) is 0.826. The molecule has 0 spiro atoms. The molecule has 0 saturated heterocycles. The first-order valence-electron chi connectivity index (χ1n) is 6.67. The number of hydrogen-bond donors (Lipinski definition) is 1. The van der Waals surface area contributed by atoms with Crippen LogP contribution in [0.1, 0.15) is 32.8 Å². The van der Waals surface area contributed by atoms with Crippen LogP contribution in [0.4, 0.5) is 0 Å². The normalized spacial score (nSPS) is 13.3. The highest BCUT2D eigenvalue weighted by Gasteiger charge is 2.09. The minimum atomic E-state index is 0.578. The van der Waals surface area contributed by atoms with Gasteiger partial charge in [-0.25, -0.2) is 0 Å². The molecular formula is C15H25BrN2. The van der Waals surface area contributed by atoms with Crippen LogP contribution in [0, 0.1) is 0 Å². The van der Waals surface area contributed by atoms with Gasteiger partial charge in [-0.05, 0) is 44.6 Å². The molecule has 1 N–H and O–H groups in total. The molecule has 0 radical (unpaired) electrons. The average Bonchev–Trinajstić information content (AvgIpc) is 2.31. The van der Waals surface area contributed by atoms with E-state index in [0.717, 1.165) is 17.6 Å². The van der Waals surface area contributed by atoms with Crippen LogP contribution in [-0.2, 0) is 6.54 Å². The average molecular weight is 313 g/mol. The maximum atomic E-state index is 3.47. The van der Waals surface area contributed by atoms with E-state index in [-0.39, 0.29) is 0 Å². The van der Waals surface area contributed by atoms with E-state index < -0.39 is 0 Å². The first kappa shape index (κ1) is 15.7. The van der Waals surface area contributed by atoms with Gasteiger partial charge in [0.1, 0.15) is 0 Å². The van der Waals surface area contributed by atoms with Gasteiger partial charge in [0.2, 0.25) is 0 Å². The molecule has 18 heavy (non-hydrogen) atoms. The lowest BCUT2D eigenvalue weighted by Crippen LogP contribution is -2.33. The minimum Gasteiger partial charge on any atom is -0.314 e. The number of benzene rings is 1. The first-order chi connectivity index (χ1) is 8.49. The molecule has 0 saturated carbocycles. The summed E-state index contributed by atoms with van der Waals surface area (Å²) in [4.78, 5) is 2.41. The van der Waals surface area contributed by atoms with E-state index in [1.54, 1.807) is 0 Å². The predicted octanol–water partition coefficient (Wildman–Crippen LogP) is 3.66. The summed E-state index contributed by atoms with van der Waals surface area (Å²) in [7, 11) is 2.20. The molecule has 0 aromatic heterocycles. The Kier molecular flexibility index (Phi) is 6.90. The van der Waals surface area contributed by atoms with E-state index >= 15 is 0 Å². The molecule has 1 aromatic rings. The lowest BCUT2D eigenvalue weighted by atomic mass is 10.1. The fourth-order valence-corrected chi connectivity index (χ4v) is 2.10. The van der Waals surface area contributed by atoms with Gasteiger partial charge in [0.05, 0.1) is 0 Å². The SMILES string of the molecule is CC(C)NCCC(C)N(C)Cc1ccc(Br)cc1. The van der Waals surface area contributed by atoms with Crippen molar-refractivity contribution in [2.24, 2.45) is 0 Å². The molecule has 2 nitrogen and oxygen atoms in total. The van der Waals surface area contributed by atoms with Crippen LogP contribution >= 0.6 is 15.9 Å². The van der Waals surface area contributed by atoms with Crippen molar-refractivity contribution in [3.63, 3.8) is 0 Å². The molecule has 1 rings (SSSR count). The number of rotatable bonds is 7. The van der Waals surface area contributed by atoms with Gasteiger partial charge < -0.3 is 5.32 Å². The molecule has 0 aliphatic carbocycles. The smallest absolute Gasteiger partial charge is 0.0233 e. The maximum absolute atomic E-state index is 3.47. The third kappa shape index (κ3) is 5.98. The molecule has 0 fully saturated rings. The molecule has 0 bridgehead atoms. The molecule has 0 aliphatic rings. The van der Waals surface area contributed by atoms with Crippen LogP contribution in [0.5, 0.6) is 0 Å². The van der Waals surface area contributed by atoms with Gasteiger partial charge in [-0.3, -0.25) is 4.90 Å². The second kappa shape index (κ2) is 7.93. The predicted molar refractivity (Wildman–Crippen MR) is 82.8 cm³/mol. The molecule has 0 amide bonds. The van der Waals surface area contributed by atoms with Crippen LogP contribution in [0.2, 0.25) is 0 Å². The van der Waals surface area contributed by atoms with Gasteiger partial charge in [0.25, 0.3) is 0 Å². The maximum Gasteiger partial charge on any atom is 0.0233 e. The Morgan fingerprint density at radius 3 is 2.33 bits per heavy atom. The third-order valence-corrected chi connectivity index (χ3v) is 3.74. The van der Waals surface area contributed by atoms with E-state index in [2.05, 4.69) is 78.2 Å². The number of nitrogens with zero attached hydrogens (tertiary/aromatic N) is 1. The molecule has 3 heteroatoms. The highest BCUT2D eigenvalue weighted by molar-refractivity contribution is 9.10. The summed E-state index contributed by atoms with van der Waals surface area (Å²) in [6, 6.07) is 9.75. The molecule has 102 valence electrons. The Bertz CT molecular complexity index is 335. The zero-order valence-electron chi connectivity index (χ0n) is 11.9. The standard InChI is InChI=1S/C15H25BrN2/c1-12(2)17-10-9-13(3)18(4)11-14-5-7-15(16)8-6-14/h5-8,12-13,17H,9-11H2,1-4H3. The zero-order chi connectivity index (χ0) is 13.5. The van der Waals surface area contributed by atoms with Crippen molar-refractivity contribution in [2.45, 2.75) is 45.8 Å². The number of halogens is 1. The highest BCUT2D eigenvalue weighted by atomic mass is 79.9. The lowest BCUT2D eigenvalue weighted by molar-refractivity contribution is 0.235. The number of nitrogens with one attached hydrogen (secondary N) is 1. The second-order valence-electron chi connectivity index (χ2n) is 5.29. The van der Waals surface area contributed by atoms with Gasteiger partial charge in [0, 0.05) is 23.1 Å². The Morgan fingerprint density at radius 2 is 1.78 bits per heavy atom. The minimum absolute atomic E-state index is 0.578. The van der Waals surface area contributed by atoms with E-state index in [4.69, 9.17) is 0 Å². The van der Waals surface area contributed by atoms with Crippen molar-refractivity contribution in [3.05, 3.63) is 34.3 Å². The Hall–Kier alpha value is -0.380. The summed E-state index contributed by atoms with van der Waals surface area (Å²) in [6.45, 7) is 8.77. The van der Waals surface area contributed by atoms with Gasteiger partial charge in [-0.15, -0.1) is 0 Å². The van der Waals surface area contributed by atoms with Crippen LogP contribution in [-0.4, -0.2) is 30.6 Å². The van der Waals surface area contributed by atoms with E-state index in [9.17, 15) is 0 Å². The summed E-state index contributed by atoms with van der Waals surface area (Å²) >= 11 is 3.47. The van der Waals surface area contributed by atoms with Crippen LogP contribution < -0.4 is 5.32 Å². The van der Waals surface area contributed by atoms with Crippen molar-refractivity contribution < 1.29 is 0 Å². The van der Waals surface area contributed by atoms with E-state index in [1.807, 2.05) is 0 Å². The van der Waals surface area contributed by atoms with Crippen molar-refractivity contribution in [1.29, 1.82) is 0 Å². The summed E-state index contributed by atoms with van der Waals surface area (Å²) in [6.07, 6.45) is 1.19. The first-order valence-corrected chi connectivity index (χ1v) is 7.46. The summed E-state index contributed by atoms with van der Waals surface area (Å²) in [5.41, 5.74) is 1.37. The largest absolute Gasteiger partial charge is 0.314 e. The summed E-state index contributed by atoms with van der Waals surface area (Å²) in [5, 5.41) is 3.47. The zero-order valence-corrected chi connectivity index (χ0v) is 13.5. The Labute approximate surface area is 120 Å². The second-order valence-corrected chi connectivity index (χ2v) is 6.20. The Balaban J connectivity index is 2.35. The molecule has 1 unspecified atom stereocenters. The van der Waals surface area contributed by atoms with Crippen molar-refractivity contribution >= 4 is 15.9 Å². The molecule has 1 atom stereocenters. The van der Waals surface area contributed by atoms with Crippen LogP contribution in [0.3, 0.4) is 0 Å². The Morgan fingerprint density at radius 1 is 1.17 bits per heavy atom. The van der Waals surface area contributed by atoms with Crippen LogP contribution in [0.15, 0.2) is 28.7 Å². The van der Waals surface area contributed by atoms with Gasteiger partial charge in [-0.1, -0.05) is 41.9 Å². The molecule has 0 aliphatic heterocycles. The summed E-state index contributed by atoms with van der Waals surface area (Å²) in [5.74, 6) is 0. The van der Waals surface area contributed by atoms with Gasteiger partial charge in [0.15, 0.2) is 0 Å². The van der Waals surface area contributed by atoms with Crippen molar-refractivity contribution in [3.8, 4) is 0 Å². The molecule has 1 aromatic carbocycles. The van der Waals surface area contributed by atoms with Crippen molar-refractivity contribution in [1.82, 2.24) is 10.2 Å². The number of hydrogen-bond acceptors (Lipinski definition) is 2. The van der Waals surface area contributed by atoms with Crippen molar-refractivity contribution in [2.75, 3.05) is 13.6 Å². The third-order valence-electron chi connectivity index (χ3n) is 3.21. The van der Waals surface area contributed by atoms with Gasteiger partial charge >= 0.3 is 0 Å². The van der Waals surface area contributed by atoms with Crippen LogP contribution in [0.25, 0.3) is 0 Å². The molecular weight excluding hydrogens is 288 g/mol. The fraction of sp³-hybridized carbons (Fsp3) is 0.600. The van der Waals surface area contributed by atoms with Gasteiger partial charge in [-0.2, -0.15) is 0 Å². The van der Waals surface area contributed by atoms with E-state index in [1.165, 1.54) is 12.0 Å². The summed E-state index contributed by atoms with van der Waals surface area (Å²) < 4.78 is 1.14.